The van der Waals surface area contributed by atoms with Crippen LogP contribution in [0.5, 0.6) is 5.75 Å². The molecule has 2 aromatic rings. The van der Waals surface area contributed by atoms with Crippen molar-refractivity contribution in [3.8, 4) is 5.75 Å². The van der Waals surface area contributed by atoms with Crippen LogP contribution < -0.4 is 15.8 Å². The van der Waals surface area contributed by atoms with Crippen LogP contribution in [0.4, 0.5) is 11.6 Å². The Balaban J connectivity index is 2.12. The number of nitrogens with two attached hydrogens (primary N) is 1. The number of aromatic nitrogens is 3. The van der Waals surface area contributed by atoms with E-state index in [0.29, 0.717) is 23.9 Å². The number of methoxy groups -OCH3 is 1. The van der Waals surface area contributed by atoms with Gasteiger partial charge in [0.15, 0.2) is 11.6 Å². The fourth-order valence-electron chi connectivity index (χ4n) is 1.21. The monoisotopic (exact) mass is 237 g/mol. The summed E-state index contributed by atoms with van der Waals surface area (Å²) in [6.45, 7) is 0.588. The van der Waals surface area contributed by atoms with Gasteiger partial charge in [-0.05, 0) is 0 Å². The van der Waals surface area contributed by atoms with Crippen LogP contribution in [0.15, 0.2) is 17.9 Å². The molecule has 16 heavy (non-hydrogen) atoms. The normalized spacial score (nSPS) is 10.1. The highest BCUT2D eigenvalue weighted by Crippen LogP contribution is 2.26. The molecule has 0 amide bonds. The maximum Gasteiger partial charge on any atom is 0.203 e. The minimum Gasteiger partial charge on any atom is -0.490 e. The lowest BCUT2D eigenvalue weighted by Gasteiger charge is -2.09. The van der Waals surface area contributed by atoms with Gasteiger partial charge in [-0.1, -0.05) is 0 Å². The predicted molar refractivity (Wildman–Crippen MR) is 62.4 cm³/mol. The number of anilines is 2. The van der Waals surface area contributed by atoms with E-state index in [1.165, 1.54) is 13.4 Å². The summed E-state index contributed by atoms with van der Waals surface area (Å²) in [7, 11) is 1.53. The van der Waals surface area contributed by atoms with E-state index >= 15 is 0 Å². The summed E-state index contributed by atoms with van der Waals surface area (Å²) in [5, 5.41) is 5.99. The molecule has 0 aromatic carbocycles. The van der Waals surface area contributed by atoms with Crippen molar-refractivity contribution in [2.24, 2.45) is 0 Å². The number of nitrogens with one attached hydrogen (secondary N) is 1. The van der Waals surface area contributed by atoms with Gasteiger partial charge in [-0.2, -0.15) is 0 Å². The van der Waals surface area contributed by atoms with E-state index < -0.39 is 0 Å². The molecule has 7 heteroatoms. The van der Waals surface area contributed by atoms with E-state index in [2.05, 4.69) is 20.3 Å². The van der Waals surface area contributed by atoms with E-state index in [9.17, 15) is 0 Å². The van der Waals surface area contributed by atoms with Crippen molar-refractivity contribution in [1.29, 1.82) is 0 Å². The van der Waals surface area contributed by atoms with Gasteiger partial charge in [0.25, 0.3) is 0 Å². The number of thiazole rings is 1. The first-order chi connectivity index (χ1) is 7.81. The smallest absolute Gasteiger partial charge is 0.203 e. The third kappa shape index (κ3) is 2.19. The molecule has 0 unspecified atom stereocenters. The van der Waals surface area contributed by atoms with Crippen LogP contribution in [-0.2, 0) is 6.54 Å². The van der Waals surface area contributed by atoms with E-state index in [0.717, 1.165) is 5.01 Å². The molecular formula is C9H11N5OS. The average molecular weight is 237 g/mol. The van der Waals surface area contributed by atoms with Crippen LogP contribution in [0, 0.1) is 0 Å². The Morgan fingerprint density at radius 1 is 1.44 bits per heavy atom. The van der Waals surface area contributed by atoms with Crippen molar-refractivity contribution < 1.29 is 4.74 Å². The third-order valence-corrected chi connectivity index (χ3v) is 2.71. The second-order valence-electron chi connectivity index (χ2n) is 2.92. The summed E-state index contributed by atoms with van der Waals surface area (Å²) in [5.41, 5.74) is 5.65. The lowest BCUT2D eigenvalue weighted by molar-refractivity contribution is 0.415. The average Bonchev–Trinajstić information content (AvgIpc) is 2.79. The molecule has 2 heterocycles. The van der Waals surface area contributed by atoms with Crippen molar-refractivity contribution in [3.63, 3.8) is 0 Å². The zero-order valence-electron chi connectivity index (χ0n) is 8.67. The van der Waals surface area contributed by atoms with E-state index in [1.54, 1.807) is 17.5 Å². The van der Waals surface area contributed by atoms with Crippen LogP contribution in [0.3, 0.4) is 0 Å². The number of rotatable bonds is 4. The van der Waals surface area contributed by atoms with E-state index in [-0.39, 0.29) is 0 Å². The molecule has 0 bridgehead atoms. The maximum absolute atomic E-state index is 5.65. The topological polar surface area (TPSA) is 86.0 Å². The van der Waals surface area contributed by atoms with Gasteiger partial charge in [-0.25, -0.2) is 15.0 Å². The fourth-order valence-corrected chi connectivity index (χ4v) is 1.77. The number of nitrogens with zero attached hydrogens (tertiary/aromatic N) is 3. The second-order valence-corrected chi connectivity index (χ2v) is 3.90. The lowest BCUT2D eigenvalue weighted by Crippen LogP contribution is -2.06. The maximum atomic E-state index is 5.65. The molecule has 2 rings (SSSR count). The van der Waals surface area contributed by atoms with Crippen molar-refractivity contribution in [2.45, 2.75) is 6.54 Å². The number of nitrogen functional groups attached to an aromatic ring is 1. The van der Waals surface area contributed by atoms with Gasteiger partial charge in [0.2, 0.25) is 5.75 Å². The Morgan fingerprint density at radius 2 is 2.31 bits per heavy atom. The molecule has 0 atom stereocenters. The van der Waals surface area contributed by atoms with Gasteiger partial charge in [-0.15, -0.1) is 11.3 Å². The highest BCUT2D eigenvalue weighted by atomic mass is 32.1. The summed E-state index contributed by atoms with van der Waals surface area (Å²) in [6.07, 6.45) is 3.15. The summed E-state index contributed by atoms with van der Waals surface area (Å²) in [5.74, 6) is 1.35. The third-order valence-electron chi connectivity index (χ3n) is 1.93. The number of hydrogen-bond acceptors (Lipinski definition) is 7. The van der Waals surface area contributed by atoms with Gasteiger partial charge >= 0.3 is 0 Å². The SMILES string of the molecule is COc1c(N)ncnc1NCc1nccs1. The van der Waals surface area contributed by atoms with Crippen molar-refractivity contribution in [1.82, 2.24) is 15.0 Å². The lowest BCUT2D eigenvalue weighted by atomic mass is 10.4. The van der Waals surface area contributed by atoms with Crippen molar-refractivity contribution in [3.05, 3.63) is 22.9 Å². The standard InChI is InChI=1S/C9H11N5OS/c1-15-7-8(10)13-5-14-9(7)12-4-6-11-2-3-16-6/h2-3,5H,4H2,1H3,(H3,10,12,13,14). The largest absolute Gasteiger partial charge is 0.490 e. The Kier molecular flexibility index (Phi) is 3.16. The highest BCUT2D eigenvalue weighted by Gasteiger charge is 2.09. The Morgan fingerprint density at radius 3 is 3.00 bits per heavy atom. The number of hydrogen-bond donors (Lipinski definition) is 2. The van der Waals surface area contributed by atoms with Gasteiger partial charge < -0.3 is 15.8 Å². The second kappa shape index (κ2) is 4.75. The first-order valence-electron chi connectivity index (χ1n) is 4.58. The molecule has 0 radical (unpaired) electrons. The molecule has 3 N–H and O–H groups in total. The molecule has 84 valence electrons. The molecule has 0 spiro atoms. The van der Waals surface area contributed by atoms with Crippen LogP contribution in [-0.4, -0.2) is 22.1 Å². The summed E-state index contributed by atoms with van der Waals surface area (Å²) >= 11 is 1.57. The van der Waals surface area contributed by atoms with Gasteiger partial charge in [0.1, 0.15) is 11.3 Å². The first kappa shape index (κ1) is 10.6. The van der Waals surface area contributed by atoms with Gasteiger partial charge in [-0.3, -0.25) is 0 Å². The Labute approximate surface area is 96.5 Å². The molecule has 0 fully saturated rings. The molecule has 0 saturated heterocycles. The molecule has 0 aliphatic rings. The molecule has 2 aromatic heterocycles. The van der Waals surface area contributed by atoms with Crippen LogP contribution >= 0.6 is 11.3 Å². The zero-order valence-corrected chi connectivity index (χ0v) is 9.49. The first-order valence-corrected chi connectivity index (χ1v) is 5.46. The molecule has 0 saturated carbocycles. The quantitative estimate of drug-likeness (QED) is 0.829. The number of ether oxygens (including phenoxy) is 1. The van der Waals surface area contributed by atoms with Crippen molar-refractivity contribution in [2.75, 3.05) is 18.2 Å². The summed E-state index contributed by atoms with van der Waals surface area (Å²) in [4.78, 5) is 12.1. The fraction of sp³-hybridized carbons (Fsp3) is 0.222. The van der Waals surface area contributed by atoms with Crippen LogP contribution in [0.2, 0.25) is 0 Å². The zero-order chi connectivity index (χ0) is 11.4. The van der Waals surface area contributed by atoms with Gasteiger partial charge in [0, 0.05) is 11.6 Å². The van der Waals surface area contributed by atoms with Crippen molar-refractivity contribution >= 4 is 23.0 Å². The predicted octanol–water partition coefficient (Wildman–Crippen LogP) is 1.14. The Hall–Kier alpha value is -1.89. The van der Waals surface area contributed by atoms with Gasteiger partial charge in [0.05, 0.1) is 13.7 Å². The highest BCUT2D eigenvalue weighted by molar-refractivity contribution is 7.09. The molecule has 0 aliphatic heterocycles. The molecule has 0 aliphatic carbocycles. The summed E-state index contributed by atoms with van der Waals surface area (Å²) < 4.78 is 5.12. The minimum absolute atomic E-state index is 0.319. The van der Waals surface area contributed by atoms with Crippen LogP contribution in [0.25, 0.3) is 0 Å². The van der Waals surface area contributed by atoms with Crippen LogP contribution in [0.1, 0.15) is 5.01 Å². The Bertz CT molecular complexity index is 459. The minimum atomic E-state index is 0.319. The molecular weight excluding hydrogens is 226 g/mol. The van der Waals surface area contributed by atoms with E-state index in [4.69, 9.17) is 10.5 Å². The summed E-state index contributed by atoms with van der Waals surface area (Å²) in [6, 6.07) is 0. The molecule has 6 nitrogen and oxygen atoms in total. The van der Waals surface area contributed by atoms with E-state index in [1.807, 2.05) is 5.38 Å².